The van der Waals surface area contributed by atoms with E-state index < -0.39 is 0 Å². The van der Waals surface area contributed by atoms with Crippen LogP contribution in [0, 0.1) is 0 Å². The molecule has 0 spiro atoms. The first kappa shape index (κ1) is 12.0. The van der Waals surface area contributed by atoms with Crippen molar-refractivity contribution in [3.8, 4) is 0 Å². The van der Waals surface area contributed by atoms with Crippen molar-refractivity contribution in [1.29, 1.82) is 0 Å². The Kier molecular flexibility index (Phi) is 3.09. The molecule has 0 unspecified atom stereocenters. The molecule has 3 rings (SSSR count). The normalized spacial score (nSPS) is 10.6. The summed E-state index contributed by atoms with van der Waals surface area (Å²) in [5.41, 5.74) is 8.83. The molecule has 0 radical (unpaired) electrons. The first-order valence-corrected chi connectivity index (χ1v) is 6.68. The largest absolute Gasteiger partial charge is 0.397 e. The number of rotatable bonds is 2. The summed E-state index contributed by atoms with van der Waals surface area (Å²) in [4.78, 5) is 4.10. The van der Waals surface area contributed by atoms with Gasteiger partial charge in [0.05, 0.1) is 11.4 Å². The third-order valence-electron chi connectivity index (χ3n) is 2.97. The van der Waals surface area contributed by atoms with Gasteiger partial charge in [0, 0.05) is 33.3 Å². The van der Waals surface area contributed by atoms with E-state index in [0.29, 0.717) is 0 Å². The maximum Gasteiger partial charge on any atom is 0.0634 e. The summed E-state index contributed by atoms with van der Waals surface area (Å²) in [7, 11) is 0. The molecule has 0 atom stereocenters. The van der Waals surface area contributed by atoms with E-state index in [4.69, 9.17) is 5.73 Å². The number of nitrogens with two attached hydrogens (primary N) is 1. The number of fused-ring (bicyclic) bond motifs is 1. The molecule has 4 heteroatoms. The van der Waals surface area contributed by atoms with Gasteiger partial charge in [-0.25, -0.2) is 0 Å². The first-order valence-electron chi connectivity index (χ1n) is 5.89. The number of nitrogen functional groups attached to an aromatic ring is 1. The van der Waals surface area contributed by atoms with Gasteiger partial charge in [-0.2, -0.15) is 0 Å². The van der Waals surface area contributed by atoms with Gasteiger partial charge in [-0.15, -0.1) is 0 Å². The third kappa shape index (κ3) is 2.39. The van der Waals surface area contributed by atoms with Crippen LogP contribution >= 0.6 is 15.9 Å². The highest BCUT2D eigenvalue weighted by molar-refractivity contribution is 9.10. The van der Waals surface area contributed by atoms with Crippen molar-refractivity contribution >= 4 is 43.8 Å². The molecular formula is C15H12BrN3. The second-order valence-electron chi connectivity index (χ2n) is 4.26. The maximum absolute atomic E-state index is 6.20. The standard InChI is InChI=1S/C15H12BrN3/c16-11-2-1-3-12(8-11)19-14-5-4-10-9-18-7-6-13(10)15(14)17/h1-9,19H,17H2. The van der Waals surface area contributed by atoms with Gasteiger partial charge in [0.1, 0.15) is 0 Å². The van der Waals surface area contributed by atoms with E-state index in [-0.39, 0.29) is 0 Å². The van der Waals surface area contributed by atoms with Crippen LogP contribution in [-0.2, 0) is 0 Å². The average Bonchev–Trinajstić information content (AvgIpc) is 2.42. The summed E-state index contributed by atoms with van der Waals surface area (Å²) in [6.07, 6.45) is 3.57. The van der Waals surface area contributed by atoms with E-state index in [1.54, 1.807) is 6.20 Å². The molecule has 0 fully saturated rings. The SMILES string of the molecule is Nc1c(Nc2cccc(Br)c2)ccc2cnccc12. The lowest BCUT2D eigenvalue weighted by Crippen LogP contribution is -1.97. The number of anilines is 3. The molecule has 0 amide bonds. The molecule has 3 nitrogen and oxygen atoms in total. The molecule has 3 aromatic rings. The van der Waals surface area contributed by atoms with Crippen LogP contribution in [0.25, 0.3) is 10.8 Å². The average molecular weight is 314 g/mol. The summed E-state index contributed by atoms with van der Waals surface area (Å²) in [5, 5.41) is 5.38. The second-order valence-corrected chi connectivity index (χ2v) is 5.17. The highest BCUT2D eigenvalue weighted by Crippen LogP contribution is 2.30. The number of hydrogen-bond acceptors (Lipinski definition) is 3. The van der Waals surface area contributed by atoms with E-state index in [2.05, 4.69) is 26.2 Å². The number of aromatic nitrogens is 1. The molecule has 94 valence electrons. The van der Waals surface area contributed by atoms with Crippen molar-refractivity contribution in [2.75, 3.05) is 11.1 Å². The molecule has 0 aliphatic rings. The molecule has 1 heterocycles. The zero-order valence-electron chi connectivity index (χ0n) is 10.1. The molecule has 0 saturated carbocycles. The molecule has 0 saturated heterocycles. The van der Waals surface area contributed by atoms with Crippen molar-refractivity contribution in [2.24, 2.45) is 0 Å². The zero-order valence-corrected chi connectivity index (χ0v) is 11.7. The Morgan fingerprint density at radius 2 is 2.00 bits per heavy atom. The van der Waals surface area contributed by atoms with Crippen LogP contribution in [0.2, 0.25) is 0 Å². The fraction of sp³-hybridized carbons (Fsp3) is 0. The quantitative estimate of drug-likeness (QED) is 0.693. The number of benzene rings is 2. The van der Waals surface area contributed by atoms with Gasteiger partial charge < -0.3 is 11.1 Å². The van der Waals surface area contributed by atoms with Crippen LogP contribution in [0.4, 0.5) is 17.1 Å². The Bertz CT molecular complexity index is 740. The Hall–Kier alpha value is -2.07. The number of halogens is 1. The van der Waals surface area contributed by atoms with Crippen molar-refractivity contribution in [1.82, 2.24) is 4.98 Å². The Morgan fingerprint density at radius 3 is 2.84 bits per heavy atom. The number of nitrogens with zero attached hydrogens (tertiary/aromatic N) is 1. The predicted molar refractivity (Wildman–Crippen MR) is 83.6 cm³/mol. The van der Waals surface area contributed by atoms with E-state index in [1.807, 2.05) is 48.7 Å². The Morgan fingerprint density at radius 1 is 1.11 bits per heavy atom. The van der Waals surface area contributed by atoms with E-state index in [1.165, 1.54) is 0 Å². The van der Waals surface area contributed by atoms with Gasteiger partial charge in [0.2, 0.25) is 0 Å². The minimum atomic E-state index is 0.736. The summed E-state index contributed by atoms with van der Waals surface area (Å²) >= 11 is 3.45. The topological polar surface area (TPSA) is 50.9 Å². The van der Waals surface area contributed by atoms with Crippen molar-refractivity contribution in [3.63, 3.8) is 0 Å². The lowest BCUT2D eigenvalue weighted by molar-refractivity contribution is 1.36. The predicted octanol–water partition coefficient (Wildman–Crippen LogP) is 4.32. The van der Waals surface area contributed by atoms with Crippen molar-refractivity contribution in [3.05, 3.63) is 59.3 Å². The highest BCUT2D eigenvalue weighted by atomic mass is 79.9. The second kappa shape index (κ2) is 4.90. The molecular weight excluding hydrogens is 302 g/mol. The highest BCUT2D eigenvalue weighted by Gasteiger charge is 2.04. The van der Waals surface area contributed by atoms with E-state index in [9.17, 15) is 0 Å². The maximum atomic E-state index is 6.20. The van der Waals surface area contributed by atoms with E-state index in [0.717, 1.165) is 32.3 Å². The van der Waals surface area contributed by atoms with Gasteiger partial charge in [-0.05, 0) is 30.3 Å². The lowest BCUT2D eigenvalue weighted by atomic mass is 10.1. The van der Waals surface area contributed by atoms with Crippen molar-refractivity contribution < 1.29 is 0 Å². The molecule has 19 heavy (non-hydrogen) atoms. The minimum absolute atomic E-state index is 0.736. The number of pyridine rings is 1. The summed E-state index contributed by atoms with van der Waals surface area (Å²) < 4.78 is 1.03. The summed E-state index contributed by atoms with van der Waals surface area (Å²) in [6.45, 7) is 0. The molecule has 0 aliphatic carbocycles. The van der Waals surface area contributed by atoms with Gasteiger partial charge in [-0.1, -0.05) is 28.1 Å². The molecule has 0 aliphatic heterocycles. The monoisotopic (exact) mass is 313 g/mol. The molecule has 0 bridgehead atoms. The van der Waals surface area contributed by atoms with Gasteiger partial charge in [-0.3, -0.25) is 4.98 Å². The fourth-order valence-corrected chi connectivity index (χ4v) is 2.42. The van der Waals surface area contributed by atoms with E-state index >= 15 is 0 Å². The van der Waals surface area contributed by atoms with Crippen LogP contribution < -0.4 is 11.1 Å². The van der Waals surface area contributed by atoms with Crippen LogP contribution in [-0.4, -0.2) is 4.98 Å². The minimum Gasteiger partial charge on any atom is -0.397 e. The lowest BCUT2D eigenvalue weighted by Gasteiger charge is -2.11. The van der Waals surface area contributed by atoms with Crippen LogP contribution in [0.3, 0.4) is 0 Å². The molecule has 3 N–H and O–H groups in total. The number of hydrogen-bond donors (Lipinski definition) is 2. The van der Waals surface area contributed by atoms with Gasteiger partial charge in [0.15, 0.2) is 0 Å². The summed E-state index contributed by atoms with van der Waals surface area (Å²) in [5.74, 6) is 0. The third-order valence-corrected chi connectivity index (χ3v) is 3.46. The zero-order chi connectivity index (χ0) is 13.2. The van der Waals surface area contributed by atoms with Crippen LogP contribution in [0.15, 0.2) is 59.3 Å². The van der Waals surface area contributed by atoms with Gasteiger partial charge >= 0.3 is 0 Å². The first-order chi connectivity index (χ1) is 9.24. The van der Waals surface area contributed by atoms with Crippen LogP contribution in [0.5, 0.6) is 0 Å². The Balaban J connectivity index is 2.04. The van der Waals surface area contributed by atoms with Gasteiger partial charge in [0.25, 0.3) is 0 Å². The summed E-state index contributed by atoms with van der Waals surface area (Å²) in [6, 6.07) is 13.9. The fourth-order valence-electron chi connectivity index (χ4n) is 2.02. The van der Waals surface area contributed by atoms with Crippen molar-refractivity contribution in [2.45, 2.75) is 0 Å². The smallest absolute Gasteiger partial charge is 0.0634 e. The molecule has 2 aromatic carbocycles. The Labute approximate surface area is 119 Å². The number of nitrogens with one attached hydrogen (secondary N) is 1. The molecule has 1 aromatic heterocycles. The van der Waals surface area contributed by atoms with Crippen LogP contribution in [0.1, 0.15) is 0 Å².